The Labute approximate surface area is 105 Å². The molecule has 2 atom stereocenters. The Balaban J connectivity index is 1.56. The molecule has 2 fully saturated rings. The number of rotatable bonds is 3. The molecule has 1 aromatic carbocycles. The van der Waals surface area contributed by atoms with E-state index < -0.39 is 5.97 Å². The van der Waals surface area contributed by atoms with E-state index >= 15 is 0 Å². The van der Waals surface area contributed by atoms with Crippen LogP contribution in [0.2, 0.25) is 0 Å². The summed E-state index contributed by atoms with van der Waals surface area (Å²) in [6, 6.07) is 10.0. The van der Waals surface area contributed by atoms with E-state index in [0.717, 1.165) is 6.42 Å². The second-order valence-electron chi connectivity index (χ2n) is 5.14. The van der Waals surface area contributed by atoms with Gasteiger partial charge in [-0.25, -0.2) is 0 Å². The van der Waals surface area contributed by atoms with Gasteiger partial charge in [-0.15, -0.1) is 0 Å². The predicted molar refractivity (Wildman–Crippen MR) is 65.0 cm³/mol. The van der Waals surface area contributed by atoms with Crippen molar-refractivity contribution in [3.8, 4) is 0 Å². The van der Waals surface area contributed by atoms with Gasteiger partial charge in [0.2, 0.25) is 5.91 Å². The highest BCUT2D eigenvalue weighted by molar-refractivity contribution is 5.85. The molecular formula is C14H15NO3. The molecule has 1 amide bonds. The summed E-state index contributed by atoms with van der Waals surface area (Å²) >= 11 is 0. The lowest BCUT2D eigenvalue weighted by molar-refractivity contribution is -0.153. The molecule has 1 aliphatic heterocycles. The normalized spacial score (nSPS) is 26.6. The van der Waals surface area contributed by atoms with Crippen molar-refractivity contribution in [1.82, 2.24) is 4.90 Å². The predicted octanol–water partition coefficient (Wildman–Crippen LogP) is 1.33. The molecule has 3 rings (SSSR count). The third-order valence-electron chi connectivity index (χ3n) is 3.88. The van der Waals surface area contributed by atoms with Crippen molar-refractivity contribution in [2.45, 2.75) is 12.3 Å². The van der Waals surface area contributed by atoms with E-state index in [1.165, 1.54) is 5.56 Å². The third kappa shape index (κ3) is 1.88. The van der Waals surface area contributed by atoms with Gasteiger partial charge in [-0.05, 0) is 17.9 Å². The number of carboxylic acids is 1. The van der Waals surface area contributed by atoms with E-state index in [4.69, 9.17) is 5.11 Å². The zero-order valence-corrected chi connectivity index (χ0v) is 9.95. The molecule has 94 valence electrons. The van der Waals surface area contributed by atoms with Crippen LogP contribution in [0.5, 0.6) is 0 Å². The molecule has 18 heavy (non-hydrogen) atoms. The first kappa shape index (κ1) is 11.3. The van der Waals surface area contributed by atoms with Gasteiger partial charge in [-0.3, -0.25) is 9.59 Å². The van der Waals surface area contributed by atoms with Crippen molar-refractivity contribution in [2.75, 3.05) is 13.1 Å². The van der Waals surface area contributed by atoms with Crippen LogP contribution in [0.3, 0.4) is 0 Å². The maximum atomic E-state index is 12.1. The summed E-state index contributed by atoms with van der Waals surface area (Å²) in [6.07, 6.45) is 0.900. The summed E-state index contributed by atoms with van der Waals surface area (Å²) in [5, 5.41) is 8.78. The second-order valence-corrected chi connectivity index (χ2v) is 5.14. The van der Waals surface area contributed by atoms with E-state index in [0.29, 0.717) is 19.0 Å². The zero-order valence-electron chi connectivity index (χ0n) is 9.95. The van der Waals surface area contributed by atoms with Crippen molar-refractivity contribution >= 4 is 11.9 Å². The van der Waals surface area contributed by atoms with Gasteiger partial charge < -0.3 is 10.0 Å². The Morgan fingerprint density at radius 1 is 1.17 bits per heavy atom. The monoisotopic (exact) mass is 245 g/mol. The highest BCUT2D eigenvalue weighted by Gasteiger charge is 2.48. The Morgan fingerprint density at radius 2 is 1.83 bits per heavy atom. The van der Waals surface area contributed by atoms with E-state index in [9.17, 15) is 9.59 Å². The van der Waals surface area contributed by atoms with Crippen LogP contribution in [0.4, 0.5) is 0 Å². The molecule has 2 unspecified atom stereocenters. The zero-order chi connectivity index (χ0) is 12.7. The first-order valence-corrected chi connectivity index (χ1v) is 6.23. The number of carbonyl (C=O) groups is 2. The number of carboxylic acid groups (broad SMARTS) is 1. The summed E-state index contributed by atoms with van der Waals surface area (Å²) in [5.41, 5.74) is 1.21. The fraction of sp³-hybridized carbons (Fsp3) is 0.429. The van der Waals surface area contributed by atoms with Crippen molar-refractivity contribution in [1.29, 1.82) is 0 Å². The van der Waals surface area contributed by atoms with E-state index in [1.807, 2.05) is 30.3 Å². The molecule has 0 spiro atoms. The minimum Gasteiger partial charge on any atom is -0.481 e. The first-order valence-electron chi connectivity index (χ1n) is 6.23. The lowest BCUT2D eigenvalue weighted by atomic mass is 9.99. The standard InChI is InChI=1S/C14H15NO3/c16-13(15-7-10(8-15)14(17)18)12-6-11(12)9-4-2-1-3-5-9/h1-5,10-12H,6-8H2,(H,17,18). The van der Waals surface area contributed by atoms with Gasteiger partial charge in [0, 0.05) is 19.0 Å². The summed E-state index contributed by atoms with van der Waals surface area (Å²) in [4.78, 5) is 24.4. The third-order valence-corrected chi connectivity index (χ3v) is 3.88. The van der Waals surface area contributed by atoms with Crippen LogP contribution in [0.15, 0.2) is 30.3 Å². The van der Waals surface area contributed by atoms with Gasteiger partial charge in [0.05, 0.1) is 5.92 Å². The Kier molecular flexibility index (Phi) is 2.58. The van der Waals surface area contributed by atoms with E-state index in [1.54, 1.807) is 4.90 Å². The van der Waals surface area contributed by atoms with Crippen molar-refractivity contribution in [2.24, 2.45) is 11.8 Å². The van der Waals surface area contributed by atoms with Crippen LogP contribution in [0.1, 0.15) is 17.9 Å². The summed E-state index contributed by atoms with van der Waals surface area (Å²) in [5.74, 6) is -0.622. The minimum absolute atomic E-state index is 0.0714. The van der Waals surface area contributed by atoms with E-state index in [-0.39, 0.29) is 17.7 Å². The van der Waals surface area contributed by atoms with Crippen LogP contribution >= 0.6 is 0 Å². The molecule has 4 heteroatoms. The highest BCUT2D eigenvalue weighted by atomic mass is 16.4. The van der Waals surface area contributed by atoms with Crippen LogP contribution in [-0.2, 0) is 9.59 Å². The van der Waals surface area contributed by atoms with Gasteiger partial charge in [0.1, 0.15) is 0 Å². The quantitative estimate of drug-likeness (QED) is 0.874. The maximum Gasteiger partial charge on any atom is 0.310 e. The van der Waals surface area contributed by atoms with Crippen molar-refractivity contribution < 1.29 is 14.7 Å². The summed E-state index contributed by atoms with van der Waals surface area (Å²) in [7, 11) is 0. The van der Waals surface area contributed by atoms with Crippen LogP contribution in [0.25, 0.3) is 0 Å². The molecule has 1 saturated carbocycles. The number of likely N-dealkylation sites (tertiary alicyclic amines) is 1. The fourth-order valence-corrected chi connectivity index (χ4v) is 2.59. The Morgan fingerprint density at radius 3 is 2.44 bits per heavy atom. The molecule has 1 saturated heterocycles. The molecule has 4 nitrogen and oxygen atoms in total. The summed E-state index contributed by atoms with van der Waals surface area (Å²) < 4.78 is 0. The topological polar surface area (TPSA) is 57.6 Å². The average Bonchev–Trinajstić information content (AvgIpc) is 3.07. The van der Waals surface area contributed by atoms with Gasteiger partial charge in [0.25, 0.3) is 0 Å². The SMILES string of the molecule is O=C(O)C1CN(C(=O)C2CC2c2ccccc2)C1. The van der Waals surface area contributed by atoms with Gasteiger partial charge in [-0.2, -0.15) is 0 Å². The molecular weight excluding hydrogens is 230 g/mol. The number of carbonyl (C=O) groups excluding carboxylic acids is 1. The van der Waals surface area contributed by atoms with Crippen LogP contribution < -0.4 is 0 Å². The fourth-order valence-electron chi connectivity index (χ4n) is 2.59. The second kappa shape index (κ2) is 4.12. The molecule has 0 aromatic heterocycles. The average molecular weight is 245 g/mol. The first-order chi connectivity index (χ1) is 8.66. The number of benzene rings is 1. The minimum atomic E-state index is -0.797. The molecule has 1 N–H and O–H groups in total. The maximum absolute atomic E-state index is 12.1. The summed E-state index contributed by atoms with van der Waals surface area (Å²) in [6.45, 7) is 0.762. The molecule has 0 radical (unpaired) electrons. The molecule has 2 aliphatic rings. The van der Waals surface area contributed by atoms with E-state index in [2.05, 4.69) is 0 Å². The van der Waals surface area contributed by atoms with Crippen LogP contribution in [0, 0.1) is 11.8 Å². The smallest absolute Gasteiger partial charge is 0.310 e. The molecule has 1 aliphatic carbocycles. The van der Waals surface area contributed by atoms with Gasteiger partial charge >= 0.3 is 5.97 Å². The van der Waals surface area contributed by atoms with Crippen molar-refractivity contribution in [3.63, 3.8) is 0 Å². The van der Waals surface area contributed by atoms with Crippen molar-refractivity contribution in [3.05, 3.63) is 35.9 Å². The lowest BCUT2D eigenvalue weighted by Crippen LogP contribution is -2.53. The number of aliphatic carboxylic acids is 1. The Hall–Kier alpha value is -1.84. The number of nitrogens with zero attached hydrogens (tertiary/aromatic N) is 1. The number of hydrogen-bond acceptors (Lipinski definition) is 2. The van der Waals surface area contributed by atoms with Gasteiger partial charge in [0.15, 0.2) is 0 Å². The number of amides is 1. The largest absolute Gasteiger partial charge is 0.481 e. The van der Waals surface area contributed by atoms with Gasteiger partial charge in [-0.1, -0.05) is 30.3 Å². The molecule has 1 aromatic rings. The Bertz CT molecular complexity index is 479. The highest BCUT2D eigenvalue weighted by Crippen LogP contribution is 2.48. The number of hydrogen-bond donors (Lipinski definition) is 1. The lowest BCUT2D eigenvalue weighted by Gasteiger charge is -2.36. The van der Waals surface area contributed by atoms with Crippen LogP contribution in [-0.4, -0.2) is 35.0 Å². The molecule has 0 bridgehead atoms. The molecule has 1 heterocycles.